The van der Waals surface area contributed by atoms with E-state index in [1.54, 1.807) is 0 Å². The lowest BCUT2D eigenvalue weighted by Crippen LogP contribution is -2.40. The van der Waals surface area contributed by atoms with Gasteiger partial charge in [0.2, 0.25) is 0 Å². The molecule has 35 heavy (non-hydrogen) atoms. The van der Waals surface area contributed by atoms with Crippen molar-refractivity contribution in [2.24, 2.45) is 0 Å². The Hall–Kier alpha value is -3.46. The molecule has 5 aromatic carbocycles. The van der Waals surface area contributed by atoms with E-state index in [4.69, 9.17) is 27.9 Å². The van der Waals surface area contributed by atoms with Gasteiger partial charge in [0.1, 0.15) is 5.75 Å². The molecule has 4 heteroatoms. The van der Waals surface area contributed by atoms with Gasteiger partial charge in [-0.25, -0.2) is 0 Å². The summed E-state index contributed by atoms with van der Waals surface area (Å²) >= 11 is 12.5. The largest absolute Gasteiger partial charge is 0.465 e. The second-order valence-corrected chi connectivity index (χ2v) is 9.80. The highest BCUT2D eigenvalue weighted by Gasteiger charge is 2.38. The maximum Gasteiger partial charge on any atom is 0.199 e. The Morgan fingerprint density at radius 3 is 1.97 bits per heavy atom. The van der Waals surface area contributed by atoms with E-state index in [1.165, 1.54) is 5.56 Å². The quantitative estimate of drug-likeness (QED) is 0.247. The van der Waals surface area contributed by atoms with Crippen molar-refractivity contribution in [1.29, 1.82) is 0 Å². The molecule has 1 aliphatic rings. The predicted molar refractivity (Wildman–Crippen MR) is 146 cm³/mol. The molecule has 0 saturated heterocycles. The number of benzene rings is 5. The standard InChI is InChI=1S/C31H23Cl2NO/c1-20-6-17-26(18-7-20)34-29(22-8-13-24(32)14-9-22)28-19-12-21-4-2-3-5-27(21)30(28)35-31(34)23-10-15-25(33)16-11-23/h2-19,29,31H,1H3/t29-,31+/m0/s1. The fourth-order valence-corrected chi connectivity index (χ4v) is 5.15. The summed E-state index contributed by atoms with van der Waals surface area (Å²) in [5, 5.41) is 3.67. The summed E-state index contributed by atoms with van der Waals surface area (Å²) in [5.41, 5.74) is 5.59. The Kier molecular flexibility index (Phi) is 5.64. The predicted octanol–water partition coefficient (Wildman–Crippen LogP) is 9.14. The van der Waals surface area contributed by atoms with Gasteiger partial charge in [0.15, 0.2) is 6.23 Å². The molecule has 0 aromatic heterocycles. The van der Waals surface area contributed by atoms with Crippen molar-refractivity contribution in [2.75, 3.05) is 4.90 Å². The van der Waals surface area contributed by atoms with E-state index in [0.717, 1.165) is 43.9 Å². The van der Waals surface area contributed by atoms with Crippen molar-refractivity contribution in [3.63, 3.8) is 0 Å². The fourth-order valence-electron chi connectivity index (χ4n) is 4.90. The molecule has 2 nitrogen and oxygen atoms in total. The van der Waals surface area contributed by atoms with Gasteiger partial charge in [0.25, 0.3) is 0 Å². The Morgan fingerprint density at radius 2 is 1.29 bits per heavy atom. The average Bonchev–Trinajstić information content (AvgIpc) is 2.89. The molecule has 1 aliphatic heterocycles. The molecule has 0 N–H and O–H groups in total. The highest BCUT2D eigenvalue weighted by Crippen LogP contribution is 2.50. The monoisotopic (exact) mass is 495 g/mol. The number of aryl methyl sites for hydroxylation is 1. The summed E-state index contributed by atoms with van der Waals surface area (Å²) < 4.78 is 6.90. The number of hydrogen-bond acceptors (Lipinski definition) is 2. The average molecular weight is 496 g/mol. The molecule has 2 atom stereocenters. The molecule has 0 unspecified atom stereocenters. The zero-order valence-electron chi connectivity index (χ0n) is 19.2. The van der Waals surface area contributed by atoms with E-state index in [-0.39, 0.29) is 12.3 Å². The maximum atomic E-state index is 6.90. The lowest BCUT2D eigenvalue weighted by atomic mass is 9.90. The zero-order valence-corrected chi connectivity index (χ0v) is 20.7. The van der Waals surface area contributed by atoms with Crippen LogP contribution >= 0.6 is 23.2 Å². The van der Waals surface area contributed by atoms with Crippen LogP contribution in [0, 0.1) is 6.92 Å². The second-order valence-electron chi connectivity index (χ2n) is 8.92. The molecule has 0 aliphatic carbocycles. The number of anilines is 1. The SMILES string of the molecule is Cc1ccc(N2[C@@H](c3ccc(Cl)cc3)c3ccc4ccccc4c3O[C@@H]2c2ccc(Cl)cc2)cc1. The van der Waals surface area contributed by atoms with Crippen LogP contribution in [0.2, 0.25) is 10.0 Å². The Bertz CT molecular complexity index is 1490. The van der Waals surface area contributed by atoms with Crippen molar-refractivity contribution < 1.29 is 4.74 Å². The van der Waals surface area contributed by atoms with Crippen LogP contribution < -0.4 is 9.64 Å². The first-order valence-electron chi connectivity index (χ1n) is 11.6. The fraction of sp³-hybridized carbons (Fsp3) is 0.0968. The zero-order chi connectivity index (χ0) is 23.9. The number of rotatable bonds is 3. The van der Waals surface area contributed by atoms with Crippen molar-refractivity contribution in [3.05, 3.63) is 141 Å². The molecular weight excluding hydrogens is 473 g/mol. The van der Waals surface area contributed by atoms with Crippen LogP contribution in [0.3, 0.4) is 0 Å². The molecule has 172 valence electrons. The molecule has 0 radical (unpaired) electrons. The van der Waals surface area contributed by atoms with Gasteiger partial charge in [-0.3, -0.25) is 0 Å². The van der Waals surface area contributed by atoms with E-state index < -0.39 is 0 Å². The third kappa shape index (κ3) is 4.03. The minimum absolute atomic E-state index is 0.0796. The minimum atomic E-state index is -0.353. The molecule has 1 heterocycles. The first-order chi connectivity index (χ1) is 17.1. The van der Waals surface area contributed by atoms with Gasteiger partial charge in [0.05, 0.1) is 6.04 Å². The van der Waals surface area contributed by atoms with Crippen molar-refractivity contribution in [3.8, 4) is 5.75 Å². The van der Waals surface area contributed by atoms with Crippen LogP contribution in [0.1, 0.15) is 34.5 Å². The summed E-state index contributed by atoms with van der Waals surface area (Å²) in [6.07, 6.45) is -0.353. The molecular formula is C31H23Cl2NO. The molecule has 0 amide bonds. The highest BCUT2D eigenvalue weighted by molar-refractivity contribution is 6.30. The van der Waals surface area contributed by atoms with Crippen molar-refractivity contribution >= 4 is 39.7 Å². The third-order valence-corrected chi connectivity index (χ3v) is 7.14. The Labute approximate surface area is 215 Å². The third-order valence-electron chi connectivity index (χ3n) is 6.64. The van der Waals surface area contributed by atoms with Crippen LogP contribution in [0.15, 0.2) is 109 Å². The smallest absolute Gasteiger partial charge is 0.199 e. The number of halogens is 2. The van der Waals surface area contributed by atoms with Crippen molar-refractivity contribution in [1.82, 2.24) is 0 Å². The first kappa shape index (κ1) is 22.0. The van der Waals surface area contributed by atoms with Crippen LogP contribution in [0.5, 0.6) is 5.75 Å². The summed E-state index contributed by atoms with van der Waals surface area (Å²) in [5.74, 6) is 0.909. The van der Waals surface area contributed by atoms with Gasteiger partial charge in [-0.15, -0.1) is 0 Å². The van der Waals surface area contributed by atoms with E-state index in [0.29, 0.717) is 5.02 Å². The molecule has 0 fully saturated rings. The van der Waals surface area contributed by atoms with E-state index in [2.05, 4.69) is 84.6 Å². The van der Waals surface area contributed by atoms with Gasteiger partial charge in [-0.1, -0.05) is 102 Å². The molecule has 0 bridgehead atoms. The van der Waals surface area contributed by atoms with Gasteiger partial charge in [-0.2, -0.15) is 0 Å². The number of nitrogens with zero attached hydrogens (tertiary/aromatic N) is 1. The number of fused-ring (bicyclic) bond motifs is 3. The van der Waals surface area contributed by atoms with Crippen LogP contribution in [-0.2, 0) is 0 Å². The lowest BCUT2D eigenvalue weighted by Gasteiger charge is -2.45. The normalized spacial score (nSPS) is 17.2. The van der Waals surface area contributed by atoms with Crippen LogP contribution in [0.4, 0.5) is 5.69 Å². The van der Waals surface area contributed by atoms with Gasteiger partial charge in [-0.05, 0) is 54.3 Å². The summed E-state index contributed by atoms with van der Waals surface area (Å²) in [7, 11) is 0. The minimum Gasteiger partial charge on any atom is -0.465 e. The van der Waals surface area contributed by atoms with Crippen molar-refractivity contribution in [2.45, 2.75) is 19.2 Å². The Balaban J connectivity index is 1.64. The van der Waals surface area contributed by atoms with E-state index in [9.17, 15) is 0 Å². The summed E-state index contributed by atoms with van der Waals surface area (Å²) in [4.78, 5) is 2.35. The lowest BCUT2D eigenvalue weighted by molar-refractivity contribution is 0.172. The number of ether oxygens (including phenoxy) is 1. The van der Waals surface area contributed by atoms with Gasteiger partial charge < -0.3 is 9.64 Å². The maximum absolute atomic E-state index is 6.90. The summed E-state index contributed by atoms with van der Waals surface area (Å²) in [6.45, 7) is 2.10. The molecule has 6 rings (SSSR count). The van der Waals surface area contributed by atoms with Gasteiger partial charge >= 0.3 is 0 Å². The topological polar surface area (TPSA) is 12.5 Å². The van der Waals surface area contributed by atoms with Crippen LogP contribution in [0.25, 0.3) is 10.8 Å². The van der Waals surface area contributed by atoms with Crippen LogP contribution in [-0.4, -0.2) is 0 Å². The number of hydrogen-bond donors (Lipinski definition) is 0. The molecule has 0 spiro atoms. The Morgan fingerprint density at radius 1 is 0.657 bits per heavy atom. The highest BCUT2D eigenvalue weighted by atomic mass is 35.5. The second kappa shape index (κ2) is 8.96. The summed E-state index contributed by atoms with van der Waals surface area (Å²) in [6, 6.07) is 37.3. The van der Waals surface area contributed by atoms with Gasteiger partial charge in [0, 0.05) is 32.2 Å². The first-order valence-corrected chi connectivity index (χ1v) is 12.4. The molecule has 5 aromatic rings. The molecule has 0 saturated carbocycles. The van der Waals surface area contributed by atoms with E-state index >= 15 is 0 Å². The van der Waals surface area contributed by atoms with E-state index in [1.807, 2.05) is 36.4 Å².